The smallest absolute Gasteiger partial charge is 0.328 e. The Hall–Kier alpha value is -1.92. The van der Waals surface area contributed by atoms with Gasteiger partial charge in [-0.25, -0.2) is 9.80 Å². The van der Waals surface area contributed by atoms with Gasteiger partial charge in [-0.3, -0.25) is 9.59 Å². The van der Waals surface area contributed by atoms with Crippen molar-refractivity contribution in [2.24, 2.45) is 11.0 Å². The predicted octanol–water partition coefficient (Wildman–Crippen LogP) is -0.0916. The lowest BCUT2D eigenvalue weighted by Crippen LogP contribution is -2.48. The molecular formula is C12H19N3O4. The van der Waals surface area contributed by atoms with Crippen molar-refractivity contribution >= 4 is 23.5 Å². The Bertz CT molecular complexity index is 417. The number of hydrazone groups is 1. The second-order valence-electron chi connectivity index (χ2n) is 4.68. The highest BCUT2D eigenvalue weighted by Crippen LogP contribution is 2.09. The van der Waals surface area contributed by atoms with E-state index in [1.165, 1.54) is 14.2 Å². The highest BCUT2D eigenvalue weighted by molar-refractivity contribution is 6.39. The third-order valence-corrected chi connectivity index (χ3v) is 2.88. The standard InChI is InChI=1S/C12H19N3O4/c1-7(2)10(12(18)19-4)13-11(17)8-5-6-9(16)15(3)14-8/h7,10H,5-6H2,1-4H3,(H,13,17). The molecular weight excluding hydrogens is 250 g/mol. The Morgan fingerprint density at radius 3 is 2.47 bits per heavy atom. The topological polar surface area (TPSA) is 88.1 Å². The second kappa shape index (κ2) is 6.31. The largest absolute Gasteiger partial charge is 0.467 e. The molecule has 1 unspecified atom stereocenters. The fraction of sp³-hybridized carbons (Fsp3) is 0.667. The van der Waals surface area contributed by atoms with E-state index in [9.17, 15) is 14.4 Å². The molecule has 7 heteroatoms. The maximum atomic E-state index is 12.0. The van der Waals surface area contributed by atoms with Crippen molar-refractivity contribution in [2.75, 3.05) is 14.2 Å². The molecule has 2 amide bonds. The summed E-state index contributed by atoms with van der Waals surface area (Å²) in [4.78, 5) is 34.8. The Morgan fingerprint density at radius 1 is 1.37 bits per heavy atom. The molecule has 0 radical (unpaired) electrons. The Labute approximate surface area is 112 Å². The molecule has 0 fully saturated rings. The molecule has 0 aliphatic carbocycles. The molecule has 7 nitrogen and oxygen atoms in total. The summed E-state index contributed by atoms with van der Waals surface area (Å²) in [6.07, 6.45) is 0.522. The van der Waals surface area contributed by atoms with Gasteiger partial charge in [0.1, 0.15) is 11.8 Å². The van der Waals surface area contributed by atoms with Crippen LogP contribution in [0.4, 0.5) is 0 Å². The summed E-state index contributed by atoms with van der Waals surface area (Å²) in [6.45, 7) is 3.61. The lowest BCUT2D eigenvalue weighted by Gasteiger charge is -2.23. The van der Waals surface area contributed by atoms with Gasteiger partial charge in [0, 0.05) is 19.9 Å². The van der Waals surface area contributed by atoms with Crippen LogP contribution >= 0.6 is 0 Å². The minimum absolute atomic E-state index is 0.0973. The first-order chi connectivity index (χ1) is 8.86. The van der Waals surface area contributed by atoms with Gasteiger partial charge in [-0.15, -0.1) is 0 Å². The van der Waals surface area contributed by atoms with Crippen molar-refractivity contribution in [2.45, 2.75) is 32.7 Å². The van der Waals surface area contributed by atoms with Gasteiger partial charge in [0.2, 0.25) is 5.91 Å². The number of ether oxygens (including phenoxy) is 1. The summed E-state index contributed by atoms with van der Waals surface area (Å²) in [7, 11) is 2.77. The van der Waals surface area contributed by atoms with Crippen molar-refractivity contribution < 1.29 is 19.1 Å². The molecule has 1 aliphatic heterocycles. The molecule has 0 aromatic heterocycles. The van der Waals surface area contributed by atoms with E-state index in [4.69, 9.17) is 0 Å². The number of hydrogen-bond acceptors (Lipinski definition) is 5. The highest BCUT2D eigenvalue weighted by atomic mass is 16.5. The maximum Gasteiger partial charge on any atom is 0.328 e. The minimum atomic E-state index is -0.719. The molecule has 0 spiro atoms. The van der Waals surface area contributed by atoms with Crippen LogP contribution in [-0.4, -0.2) is 48.7 Å². The first-order valence-electron chi connectivity index (χ1n) is 6.09. The number of nitrogens with one attached hydrogen (secondary N) is 1. The number of esters is 1. The van der Waals surface area contributed by atoms with E-state index in [1.807, 2.05) is 0 Å². The van der Waals surface area contributed by atoms with Gasteiger partial charge in [-0.1, -0.05) is 13.8 Å². The number of methoxy groups -OCH3 is 1. The lowest BCUT2D eigenvalue weighted by molar-refractivity contribution is -0.145. The summed E-state index contributed by atoms with van der Waals surface area (Å²) in [5.41, 5.74) is 0.247. The van der Waals surface area contributed by atoms with Crippen LogP contribution in [0.5, 0.6) is 0 Å². The summed E-state index contributed by atoms with van der Waals surface area (Å²) in [5.74, 6) is -1.17. The number of nitrogens with zero attached hydrogens (tertiary/aromatic N) is 2. The van der Waals surface area contributed by atoms with Gasteiger partial charge in [0.25, 0.3) is 5.91 Å². The van der Waals surface area contributed by atoms with Gasteiger partial charge >= 0.3 is 5.97 Å². The summed E-state index contributed by atoms with van der Waals surface area (Å²) in [6, 6.07) is -0.719. The van der Waals surface area contributed by atoms with E-state index >= 15 is 0 Å². The normalized spacial score (nSPS) is 17.0. The first kappa shape index (κ1) is 15.1. The van der Waals surface area contributed by atoms with E-state index in [0.717, 1.165) is 5.01 Å². The third kappa shape index (κ3) is 3.77. The van der Waals surface area contributed by atoms with Crippen LogP contribution in [0.15, 0.2) is 5.10 Å². The zero-order valence-corrected chi connectivity index (χ0v) is 11.6. The van der Waals surface area contributed by atoms with E-state index < -0.39 is 17.9 Å². The molecule has 1 atom stereocenters. The minimum Gasteiger partial charge on any atom is -0.467 e. The molecule has 1 heterocycles. The first-order valence-corrected chi connectivity index (χ1v) is 6.09. The molecule has 1 N–H and O–H groups in total. The van der Waals surface area contributed by atoms with Crippen molar-refractivity contribution in [3.8, 4) is 0 Å². The van der Waals surface area contributed by atoms with E-state index in [-0.39, 0.29) is 30.4 Å². The van der Waals surface area contributed by atoms with Gasteiger partial charge < -0.3 is 10.1 Å². The number of carbonyl (C=O) groups is 3. The number of amides is 2. The number of rotatable bonds is 4. The molecule has 0 aromatic rings. The van der Waals surface area contributed by atoms with Crippen LogP contribution in [0, 0.1) is 5.92 Å². The third-order valence-electron chi connectivity index (χ3n) is 2.88. The van der Waals surface area contributed by atoms with E-state index in [2.05, 4.69) is 15.2 Å². The van der Waals surface area contributed by atoms with Crippen LogP contribution in [0.2, 0.25) is 0 Å². The van der Waals surface area contributed by atoms with Gasteiger partial charge in [-0.05, 0) is 5.92 Å². The van der Waals surface area contributed by atoms with Crippen LogP contribution in [0.25, 0.3) is 0 Å². The molecule has 0 aromatic carbocycles. The SMILES string of the molecule is COC(=O)C(NC(=O)C1=NN(C)C(=O)CC1)C(C)C. The monoisotopic (exact) mass is 269 g/mol. The highest BCUT2D eigenvalue weighted by Gasteiger charge is 2.28. The van der Waals surface area contributed by atoms with Gasteiger partial charge in [-0.2, -0.15) is 5.10 Å². The van der Waals surface area contributed by atoms with Crippen molar-refractivity contribution in [1.82, 2.24) is 10.3 Å². The second-order valence-corrected chi connectivity index (χ2v) is 4.68. The zero-order valence-electron chi connectivity index (χ0n) is 11.6. The van der Waals surface area contributed by atoms with E-state index in [0.29, 0.717) is 0 Å². The quantitative estimate of drug-likeness (QED) is 0.722. The maximum absolute atomic E-state index is 12.0. The summed E-state index contributed by atoms with van der Waals surface area (Å²) < 4.78 is 4.64. The molecule has 19 heavy (non-hydrogen) atoms. The molecule has 106 valence electrons. The number of hydrogen-bond donors (Lipinski definition) is 1. The van der Waals surface area contributed by atoms with Crippen molar-refractivity contribution in [3.63, 3.8) is 0 Å². The van der Waals surface area contributed by atoms with Gasteiger partial charge in [0.15, 0.2) is 0 Å². The van der Waals surface area contributed by atoms with E-state index in [1.54, 1.807) is 13.8 Å². The predicted molar refractivity (Wildman–Crippen MR) is 68.2 cm³/mol. The van der Waals surface area contributed by atoms with Crippen molar-refractivity contribution in [3.05, 3.63) is 0 Å². The summed E-state index contributed by atoms with van der Waals surface area (Å²) in [5, 5.41) is 7.63. The summed E-state index contributed by atoms with van der Waals surface area (Å²) >= 11 is 0. The Morgan fingerprint density at radius 2 is 2.00 bits per heavy atom. The Kier molecular flexibility index (Phi) is 5.02. The van der Waals surface area contributed by atoms with Crippen LogP contribution in [0.1, 0.15) is 26.7 Å². The molecule has 0 saturated heterocycles. The van der Waals surface area contributed by atoms with Crippen LogP contribution in [-0.2, 0) is 19.1 Å². The van der Waals surface area contributed by atoms with Gasteiger partial charge in [0.05, 0.1) is 7.11 Å². The number of carbonyl (C=O) groups excluding carboxylic acids is 3. The average Bonchev–Trinajstić information content (AvgIpc) is 2.37. The van der Waals surface area contributed by atoms with Crippen LogP contribution < -0.4 is 5.32 Å². The Balaban J connectivity index is 2.75. The average molecular weight is 269 g/mol. The molecule has 1 aliphatic rings. The van der Waals surface area contributed by atoms with Crippen LogP contribution in [0.3, 0.4) is 0 Å². The zero-order chi connectivity index (χ0) is 14.6. The fourth-order valence-corrected chi connectivity index (χ4v) is 1.68. The lowest BCUT2D eigenvalue weighted by atomic mass is 10.0. The fourth-order valence-electron chi connectivity index (χ4n) is 1.68. The van der Waals surface area contributed by atoms with Crippen molar-refractivity contribution in [1.29, 1.82) is 0 Å². The molecule has 0 bridgehead atoms. The molecule has 0 saturated carbocycles. The molecule has 1 rings (SSSR count).